The van der Waals surface area contributed by atoms with Crippen LogP contribution in [0.2, 0.25) is 0 Å². The van der Waals surface area contributed by atoms with Crippen molar-refractivity contribution in [2.45, 2.75) is 52.1 Å². The van der Waals surface area contributed by atoms with Gasteiger partial charge in [0.05, 0.1) is 17.2 Å². The maximum absolute atomic E-state index is 11.2. The van der Waals surface area contributed by atoms with Crippen molar-refractivity contribution >= 4 is 23.2 Å². The van der Waals surface area contributed by atoms with E-state index in [0.29, 0.717) is 25.4 Å². The van der Waals surface area contributed by atoms with Crippen molar-refractivity contribution in [3.8, 4) is 0 Å². The van der Waals surface area contributed by atoms with Crippen LogP contribution in [0.5, 0.6) is 0 Å². The molecule has 122 valence electrons. The molecule has 0 bridgehead atoms. The Hall–Kier alpha value is -1.63. The molecule has 1 fully saturated rings. The number of hydrogen-bond donors (Lipinski definition) is 3. The Morgan fingerprint density at radius 1 is 1.59 bits per heavy atom. The molecule has 6 nitrogen and oxygen atoms in total. The Bertz CT molecular complexity index is 516. The molecule has 0 radical (unpaired) electrons. The molecule has 1 aliphatic rings. The van der Waals surface area contributed by atoms with Crippen LogP contribution in [0.25, 0.3) is 0 Å². The highest BCUT2D eigenvalue weighted by molar-refractivity contribution is 7.09. The van der Waals surface area contributed by atoms with Crippen molar-refractivity contribution in [3.05, 3.63) is 16.1 Å². The summed E-state index contributed by atoms with van der Waals surface area (Å²) in [4.78, 5) is 20.4. The number of amides is 1. The van der Waals surface area contributed by atoms with Crippen molar-refractivity contribution in [2.75, 3.05) is 13.1 Å². The van der Waals surface area contributed by atoms with Crippen LogP contribution in [0.1, 0.15) is 50.2 Å². The average molecular weight is 323 g/mol. The van der Waals surface area contributed by atoms with E-state index in [0.717, 1.165) is 29.6 Å². The molecule has 0 aromatic carbocycles. The second-order valence-electron chi connectivity index (χ2n) is 5.71. The van der Waals surface area contributed by atoms with Gasteiger partial charge in [-0.15, -0.1) is 11.3 Å². The van der Waals surface area contributed by atoms with Gasteiger partial charge in [0.15, 0.2) is 5.96 Å². The van der Waals surface area contributed by atoms with Gasteiger partial charge in [-0.1, -0.05) is 13.8 Å². The summed E-state index contributed by atoms with van der Waals surface area (Å²) in [7, 11) is 0. The molecule has 0 saturated carbocycles. The highest BCUT2D eigenvalue weighted by Crippen LogP contribution is 2.19. The van der Waals surface area contributed by atoms with Gasteiger partial charge < -0.3 is 16.0 Å². The lowest BCUT2D eigenvalue weighted by atomic mass is 10.1. The van der Waals surface area contributed by atoms with E-state index in [1.807, 2.05) is 6.92 Å². The van der Waals surface area contributed by atoms with Crippen molar-refractivity contribution < 1.29 is 4.79 Å². The lowest BCUT2D eigenvalue weighted by Gasteiger charge is -2.25. The summed E-state index contributed by atoms with van der Waals surface area (Å²) in [6.07, 6.45) is 1.41. The fourth-order valence-corrected chi connectivity index (χ4v) is 3.02. The average Bonchev–Trinajstić information content (AvgIpc) is 2.96. The highest BCUT2D eigenvalue weighted by Gasteiger charge is 2.18. The number of hydrogen-bond acceptors (Lipinski definition) is 4. The van der Waals surface area contributed by atoms with Gasteiger partial charge in [0, 0.05) is 36.9 Å². The van der Waals surface area contributed by atoms with Crippen molar-refractivity contribution in [3.63, 3.8) is 0 Å². The molecule has 2 heterocycles. The smallest absolute Gasteiger partial charge is 0.220 e. The Kier molecular flexibility index (Phi) is 6.18. The largest absolute Gasteiger partial charge is 0.357 e. The number of piperidine rings is 1. The van der Waals surface area contributed by atoms with Crippen LogP contribution in [-0.2, 0) is 11.3 Å². The molecule has 1 unspecified atom stereocenters. The van der Waals surface area contributed by atoms with Crippen LogP contribution < -0.4 is 16.0 Å². The second kappa shape index (κ2) is 8.12. The zero-order valence-corrected chi connectivity index (χ0v) is 14.3. The Morgan fingerprint density at radius 3 is 3.00 bits per heavy atom. The number of carbonyl (C=O) groups is 1. The lowest BCUT2D eigenvalue weighted by molar-refractivity contribution is -0.122. The third-order valence-electron chi connectivity index (χ3n) is 3.41. The van der Waals surface area contributed by atoms with E-state index in [1.165, 1.54) is 0 Å². The van der Waals surface area contributed by atoms with Crippen LogP contribution in [0.3, 0.4) is 0 Å². The first-order valence-electron chi connectivity index (χ1n) is 7.84. The summed E-state index contributed by atoms with van der Waals surface area (Å²) in [5.74, 6) is 1.37. The van der Waals surface area contributed by atoms with Gasteiger partial charge in [0.2, 0.25) is 5.91 Å². The summed E-state index contributed by atoms with van der Waals surface area (Å²) >= 11 is 1.69. The fourth-order valence-electron chi connectivity index (χ4n) is 2.19. The lowest BCUT2D eigenvalue weighted by Crippen LogP contribution is -2.51. The number of thiazole rings is 1. The molecule has 3 N–H and O–H groups in total. The number of nitrogens with zero attached hydrogens (tertiary/aromatic N) is 2. The minimum Gasteiger partial charge on any atom is -0.357 e. The predicted octanol–water partition coefficient (Wildman–Crippen LogP) is 1.60. The van der Waals surface area contributed by atoms with Gasteiger partial charge in [-0.25, -0.2) is 9.98 Å². The van der Waals surface area contributed by atoms with Gasteiger partial charge in [0.1, 0.15) is 0 Å². The zero-order chi connectivity index (χ0) is 15.9. The normalized spacial score (nSPS) is 19.2. The molecule has 1 aliphatic heterocycles. The molecular formula is C15H25N5OS. The number of aromatic nitrogens is 1. The summed E-state index contributed by atoms with van der Waals surface area (Å²) in [6.45, 7) is 8.36. The standard InChI is InChI=1S/C15H25N5OS/c1-4-16-15(20-11-5-6-13(21)17-7-11)18-8-12-9-22-14(19-12)10(2)3/h9-11H,4-8H2,1-3H3,(H,17,21)(H2,16,18,20). The Balaban J connectivity index is 1.92. The minimum atomic E-state index is 0.128. The SMILES string of the molecule is CCNC(=NCc1csc(C(C)C)n1)NC1CCC(=O)NC1. The van der Waals surface area contributed by atoms with Gasteiger partial charge in [0.25, 0.3) is 0 Å². The van der Waals surface area contributed by atoms with Gasteiger partial charge in [-0.2, -0.15) is 0 Å². The van der Waals surface area contributed by atoms with E-state index >= 15 is 0 Å². The molecule has 1 aromatic heterocycles. The third kappa shape index (κ3) is 4.98. The van der Waals surface area contributed by atoms with Gasteiger partial charge in [-0.3, -0.25) is 4.79 Å². The molecular weight excluding hydrogens is 298 g/mol. The van der Waals surface area contributed by atoms with Crippen LogP contribution >= 0.6 is 11.3 Å². The topological polar surface area (TPSA) is 78.4 Å². The molecule has 1 atom stereocenters. The number of guanidine groups is 1. The van der Waals surface area contributed by atoms with E-state index in [1.54, 1.807) is 11.3 Å². The van der Waals surface area contributed by atoms with Crippen LogP contribution in [0, 0.1) is 0 Å². The molecule has 0 spiro atoms. The van der Waals surface area contributed by atoms with E-state index in [4.69, 9.17) is 0 Å². The number of rotatable bonds is 5. The zero-order valence-electron chi connectivity index (χ0n) is 13.5. The van der Waals surface area contributed by atoms with E-state index < -0.39 is 0 Å². The van der Waals surface area contributed by atoms with E-state index in [2.05, 4.69) is 45.2 Å². The third-order valence-corrected chi connectivity index (χ3v) is 4.61. The van der Waals surface area contributed by atoms with Gasteiger partial charge >= 0.3 is 0 Å². The maximum Gasteiger partial charge on any atom is 0.220 e. The van der Waals surface area contributed by atoms with Crippen molar-refractivity contribution in [2.24, 2.45) is 4.99 Å². The summed E-state index contributed by atoms with van der Waals surface area (Å²) in [6, 6.07) is 0.233. The van der Waals surface area contributed by atoms with Crippen molar-refractivity contribution in [1.29, 1.82) is 0 Å². The molecule has 7 heteroatoms. The summed E-state index contributed by atoms with van der Waals surface area (Å²) in [5, 5.41) is 12.7. The second-order valence-corrected chi connectivity index (χ2v) is 6.60. The molecule has 2 rings (SSSR count). The Labute approximate surface area is 135 Å². The molecule has 1 amide bonds. The quantitative estimate of drug-likeness (QED) is 0.568. The summed E-state index contributed by atoms with van der Waals surface area (Å²) < 4.78 is 0. The minimum absolute atomic E-state index is 0.128. The molecule has 22 heavy (non-hydrogen) atoms. The first-order valence-corrected chi connectivity index (χ1v) is 8.72. The van der Waals surface area contributed by atoms with Crippen LogP contribution in [-0.4, -0.2) is 36.0 Å². The first kappa shape index (κ1) is 16.7. The first-order chi connectivity index (χ1) is 10.6. The van der Waals surface area contributed by atoms with E-state index in [-0.39, 0.29) is 11.9 Å². The number of carbonyl (C=O) groups excluding carboxylic acids is 1. The number of aliphatic imine (C=N–C) groups is 1. The monoisotopic (exact) mass is 323 g/mol. The maximum atomic E-state index is 11.2. The predicted molar refractivity (Wildman–Crippen MR) is 90.2 cm³/mol. The van der Waals surface area contributed by atoms with Crippen molar-refractivity contribution in [1.82, 2.24) is 20.9 Å². The van der Waals surface area contributed by atoms with E-state index in [9.17, 15) is 4.79 Å². The number of nitrogens with one attached hydrogen (secondary N) is 3. The van der Waals surface area contributed by atoms with Crippen LogP contribution in [0.4, 0.5) is 0 Å². The molecule has 1 saturated heterocycles. The summed E-state index contributed by atoms with van der Waals surface area (Å²) in [5.41, 5.74) is 1.00. The molecule has 1 aromatic rings. The Morgan fingerprint density at radius 2 is 2.41 bits per heavy atom. The molecule has 0 aliphatic carbocycles. The highest BCUT2D eigenvalue weighted by atomic mass is 32.1. The van der Waals surface area contributed by atoms with Gasteiger partial charge in [-0.05, 0) is 13.3 Å². The van der Waals surface area contributed by atoms with Crippen LogP contribution in [0.15, 0.2) is 10.4 Å². The fraction of sp³-hybridized carbons (Fsp3) is 0.667.